The average Bonchev–Trinajstić information content (AvgIpc) is 2.81. The molecule has 3 rings (SSSR count). The van der Waals surface area contributed by atoms with E-state index in [1.54, 1.807) is 0 Å². The summed E-state index contributed by atoms with van der Waals surface area (Å²) < 4.78 is 1.86. The Labute approximate surface area is 133 Å². The van der Waals surface area contributed by atoms with Gasteiger partial charge < -0.3 is 11.5 Å². The third kappa shape index (κ3) is 2.57. The monoisotopic (exact) mass is 324 g/mol. The Bertz CT molecular complexity index is 763. The Balaban J connectivity index is 0.00000161. The molecule has 1 aromatic carbocycles. The Morgan fingerprint density at radius 1 is 1.05 bits per heavy atom. The van der Waals surface area contributed by atoms with Crippen LogP contribution in [-0.2, 0) is 17.1 Å². The molecule has 4 N–H and O–H groups in total. The van der Waals surface area contributed by atoms with Crippen molar-refractivity contribution in [1.29, 1.82) is 0 Å². The number of fused-ring (bicyclic) bond motifs is 1. The standard InChI is InChI=1S/C14H16N6.Fe/c1-8(2)20-14-11(13(16)17-7-18-14)12(19-20)9-3-5-10(15)6-4-9;/h3-8H,15H2,1-2H3,(H2,16,17,18);. The van der Waals surface area contributed by atoms with Gasteiger partial charge in [0.1, 0.15) is 17.8 Å². The number of aromatic nitrogens is 4. The SMILES string of the molecule is CC(C)n1nc(-c2ccc(N)cc2)c2c(N)ncnc21.[Fe]. The molecule has 0 fully saturated rings. The normalized spacial score (nSPS) is 10.8. The fourth-order valence-corrected chi connectivity index (χ4v) is 2.20. The number of nitrogens with two attached hydrogens (primary N) is 2. The van der Waals surface area contributed by atoms with E-state index in [2.05, 4.69) is 28.9 Å². The van der Waals surface area contributed by atoms with Crippen LogP contribution in [-0.4, -0.2) is 19.7 Å². The van der Waals surface area contributed by atoms with Gasteiger partial charge in [-0.15, -0.1) is 0 Å². The number of hydrogen-bond donors (Lipinski definition) is 2. The minimum atomic E-state index is 0. The van der Waals surface area contributed by atoms with Gasteiger partial charge in [-0.25, -0.2) is 14.6 Å². The van der Waals surface area contributed by atoms with E-state index < -0.39 is 0 Å². The van der Waals surface area contributed by atoms with Crippen molar-refractivity contribution < 1.29 is 17.1 Å². The van der Waals surface area contributed by atoms with E-state index in [-0.39, 0.29) is 23.1 Å². The van der Waals surface area contributed by atoms with Crippen LogP contribution in [0.25, 0.3) is 22.3 Å². The van der Waals surface area contributed by atoms with Crippen molar-refractivity contribution in [2.24, 2.45) is 0 Å². The summed E-state index contributed by atoms with van der Waals surface area (Å²) in [5.74, 6) is 0.439. The number of hydrogen-bond acceptors (Lipinski definition) is 5. The molecule has 0 atom stereocenters. The molecule has 3 aromatic rings. The van der Waals surface area contributed by atoms with Crippen molar-refractivity contribution in [2.75, 3.05) is 11.5 Å². The zero-order valence-electron chi connectivity index (χ0n) is 11.8. The first-order valence-electron chi connectivity index (χ1n) is 6.42. The average molecular weight is 324 g/mol. The molecule has 0 aliphatic carbocycles. The molecule has 21 heavy (non-hydrogen) atoms. The van der Waals surface area contributed by atoms with Gasteiger partial charge in [0.2, 0.25) is 0 Å². The first kappa shape index (κ1) is 15.3. The Morgan fingerprint density at radius 2 is 1.71 bits per heavy atom. The van der Waals surface area contributed by atoms with Crippen LogP contribution in [0.2, 0.25) is 0 Å². The quantitative estimate of drug-likeness (QED) is 0.557. The van der Waals surface area contributed by atoms with Crippen molar-refractivity contribution in [3.8, 4) is 11.3 Å². The largest absolute Gasteiger partial charge is 0.399 e. The summed E-state index contributed by atoms with van der Waals surface area (Å²) in [7, 11) is 0. The summed E-state index contributed by atoms with van der Waals surface area (Å²) >= 11 is 0. The second-order valence-electron chi connectivity index (χ2n) is 4.97. The second kappa shape index (κ2) is 5.71. The molecule has 6 nitrogen and oxygen atoms in total. The summed E-state index contributed by atoms with van der Waals surface area (Å²) in [6, 6.07) is 7.72. The van der Waals surface area contributed by atoms with Crippen LogP contribution in [0, 0.1) is 0 Å². The van der Waals surface area contributed by atoms with Crippen LogP contribution in [0.5, 0.6) is 0 Å². The number of benzene rings is 1. The summed E-state index contributed by atoms with van der Waals surface area (Å²) in [6.45, 7) is 4.11. The first-order chi connectivity index (χ1) is 9.58. The van der Waals surface area contributed by atoms with E-state index in [0.29, 0.717) is 11.5 Å². The topological polar surface area (TPSA) is 95.6 Å². The molecule has 0 aliphatic heterocycles. The fraction of sp³-hybridized carbons (Fsp3) is 0.214. The molecule has 0 saturated carbocycles. The van der Waals surface area contributed by atoms with E-state index in [0.717, 1.165) is 22.3 Å². The number of rotatable bonds is 2. The number of nitrogens with zero attached hydrogens (tertiary/aromatic N) is 4. The maximum Gasteiger partial charge on any atom is 0.164 e. The third-order valence-corrected chi connectivity index (χ3v) is 3.19. The van der Waals surface area contributed by atoms with Gasteiger partial charge in [-0.3, -0.25) is 0 Å². The minimum Gasteiger partial charge on any atom is -0.399 e. The smallest absolute Gasteiger partial charge is 0.164 e. The zero-order valence-corrected chi connectivity index (χ0v) is 12.9. The molecule has 0 unspecified atom stereocenters. The minimum absolute atomic E-state index is 0. The van der Waals surface area contributed by atoms with Crippen molar-refractivity contribution in [2.45, 2.75) is 19.9 Å². The summed E-state index contributed by atoms with van der Waals surface area (Å²) in [5, 5.41) is 5.43. The molecule has 0 radical (unpaired) electrons. The van der Waals surface area contributed by atoms with Gasteiger partial charge in [-0.1, -0.05) is 12.1 Å². The predicted octanol–water partition coefficient (Wildman–Crippen LogP) is 2.24. The van der Waals surface area contributed by atoms with Gasteiger partial charge >= 0.3 is 0 Å². The Hall–Kier alpha value is -2.11. The van der Waals surface area contributed by atoms with Gasteiger partial charge in [0.15, 0.2) is 5.65 Å². The molecule has 0 amide bonds. The number of nitrogen functional groups attached to an aromatic ring is 2. The zero-order chi connectivity index (χ0) is 14.3. The molecule has 2 heterocycles. The molecule has 0 spiro atoms. The van der Waals surface area contributed by atoms with Crippen molar-refractivity contribution in [1.82, 2.24) is 19.7 Å². The predicted molar refractivity (Wildman–Crippen MR) is 80.0 cm³/mol. The molecule has 110 valence electrons. The van der Waals surface area contributed by atoms with Gasteiger partial charge in [-0.2, -0.15) is 5.10 Å². The van der Waals surface area contributed by atoms with Crippen molar-refractivity contribution in [3.63, 3.8) is 0 Å². The molecule has 2 aromatic heterocycles. The molecule has 7 heteroatoms. The van der Waals surface area contributed by atoms with Crippen LogP contribution >= 0.6 is 0 Å². The molecule has 0 aliphatic rings. The van der Waals surface area contributed by atoms with E-state index in [1.165, 1.54) is 6.33 Å². The Kier molecular flexibility index (Phi) is 4.16. The van der Waals surface area contributed by atoms with Gasteiger partial charge in [-0.05, 0) is 26.0 Å². The summed E-state index contributed by atoms with van der Waals surface area (Å²) in [6.07, 6.45) is 1.46. The molecular weight excluding hydrogens is 308 g/mol. The van der Waals surface area contributed by atoms with Crippen molar-refractivity contribution in [3.05, 3.63) is 30.6 Å². The van der Waals surface area contributed by atoms with Gasteiger partial charge in [0.05, 0.1) is 5.39 Å². The molecular formula is C14H16FeN6. The van der Waals surface area contributed by atoms with Gasteiger partial charge in [0.25, 0.3) is 0 Å². The second-order valence-corrected chi connectivity index (χ2v) is 4.97. The van der Waals surface area contributed by atoms with Crippen LogP contribution in [0.3, 0.4) is 0 Å². The molecule has 0 bridgehead atoms. The molecule has 0 saturated heterocycles. The van der Waals surface area contributed by atoms with Crippen LogP contribution in [0.4, 0.5) is 11.5 Å². The summed E-state index contributed by atoms with van der Waals surface area (Å²) in [5.41, 5.74) is 14.9. The maximum absolute atomic E-state index is 6.01. The van der Waals surface area contributed by atoms with E-state index >= 15 is 0 Å². The summed E-state index contributed by atoms with van der Waals surface area (Å²) in [4.78, 5) is 8.38. The van der Waals surface area contributed by atoms with Crippen LogP contribution in [0.15, 0.2) is 30.6 Å². The maximum atomic E-state index is 6.01. The van der Waals surface area contributed by atoms with E-state index in [4.69, 9.17) is 11.5 Å². The van der Waals surface area contributed by atoms with Crippen LogP contribution in [0.1, 0.15) is 19.9 Å². The van der Waals surface area contributed by atoms with Gasteiger partial charge in [0, 0.05) is 34.4 Å². The first-order valence-corrected chi connectivity index (χ1v) is 6.42. The van der Waals surface area contributed by atoms with Crippen LogP contribution < -0.4 is 11.5 Å². The van der Waals surface area contributed by atoms with E-state index in [9.17, 15) is 0 Å². The van der Waals surface area contributed by atoms with Crippen molar-refractivity contribution >= 4 is 22.5 Å². The van der Waals surface area contributed by atoms with E-state index in [1.807, 2.05) is 28.9 Å². The fourth-order valence-electron chi connectivity index (χ4n) is 2.20. The Morgan fingerprint density at radius 3 is 2.33 bits per heavy atom. The third-order valence-electron chi connectivity index (χ3n) is 3.19. The number of anilines is 2.